The predicted octanol–water partition coefficient (Wildman–Crippen LogP) is 1.55. The molecule has 0 aromatic carbocycles. The van der Waals surface area contributed by atoms with Gasteiger partial charge in [0.25, 0.3) is 0 Å². The highest BCUT2D eigenvalue weighted by atomic mass is 16.2. The number of amides is 2. The van der Waals surface area contributed by atoms with Crippen molar-refractivity contribution in [3.63, 3.8) is 0 Å². The van der Waals surface area contributed by atoms with Crippen LogP contribution in [0.25, 0.3) is 0 Å². The van der Waals surface area contributed by atoms with E-state index in [1.807, 2.05) is 45.2 Å². The summed E-state index contributed by atoms with van der Waals surface area (Å²) in [5.74, 6) is 1.34. The van der Waals surface area contributed by atoms with E-state index in [0.717, 1.165) is 25.5 Å². The van der Waals surface area contributed by atoms with Crippen LogP contribution in [-0.4, -0.2) is 61.2 Å². The van der Waals surface area contributed by atoms with Crippen LogP contribution in [0.4, 0.5) is 10.6 Å². The Labute approximate surface area is 139 Å². The average molecular weight is 319 g/mol. The van der Waals surface area contributed by atoms with Gasteiger partial charge in [0.1, 0.15) is 5.82 Å². The lowest BCUT2D eigenvalue weighted by atomic mass is 10.0. The van der Waals surface area contributed by atoms with Crippen molar-refractivity contribution in [2.45, 2.75) is 32.4 Å². The number of nitrogens with one attached hydrogen (secondary N) is 2. The number of rotatable bonds is 4. The number of anilines is 1. The summed E-state index contributed by atoms with van der Waals surface area (Å²) < 4.78 is 0. The molecule has 2 N–H and O–H groups in total. The summed E-state index contributed by atoms with van der Waals surface area (Å²) in [6.45, 7) is 8.57. The van der Waals surface area contributed by atoms with Crippen molar-refractivity contribution >= 4 is 11.8 Å². The zero-order valence-corrected chi connectivity index (χ0v) is 14.8. The minimum absolute atomic E-state index is 0.103. The highest BCUT2D eigenvalue weighted by Crippen LogP contribution is 2.23. The number of pyridine rings is 1. The molecule has 2 amide bonds. The summed E-state index contributed by atoms with van der Waals surface area (Å²) in [6, 6.07) is 5.94. The Balaban J connectivity index is 2.04. The molecular weight excluding hydrogens is 290 g/mol. The summed E-state index contributed by atoms with van der Waals surface area (Å²) in [7, 11) is 4.13. The van der Waals surface area contributed by atoms with Gasteiger partial charge in [-0.1, -0.05) is 6.07 Å². The minimum Gasteiger partial charge on any atom is -0.354 e. The highest BCUT2D eigenvalue weighted by molar-refractivity contribution is 5.75. The van der Waals surface area contributed by atoms with Crippen LogP contribution in [0.3, 0.4) is 0 Å². The molecule has 0 radical (unpaired) electrons. The van der Waals surface area contributed by atoms with E-state index in [1.165, 1.54) is 0 Å². The molecule has 6 nitrogen and oxygen atoms in total. The lowest BCUT2D eigenvalue weighted by Gasteiger charge is -2.26. The molecule has 2 heterocycles. The maximum absolute atomic E-state index is 12.2. The summed E-state index contributed by atoms with van der Waals surface area (Å²) in [5.41, 5.74) is -0.236. The summed E-state index contributed by atoms with van der Waals surface area (Å²) >= 11 is 0. The molecule has 0 saturated carbocycles. The number of urea groups is 1. The fraction of sp³-hybridized carbons (Fsp3) is 0.647. The molecule has 1 saturated heterocycles. The lowest BCUT2D eigenvalue weighted by Crippen LogP contribution is -2.52. The largest absolute Gasteiger partial charge is 0.354 e. The number of nitrogens with zero attached hydrogens (tertiary/aromatic N) is 3. The number of aromatic nitrogens is 1. The second kappa shape index (κ2) is 7.17. The van der Waals surface area contributed by atoms with Crippen LogP contribution in [0.2, 0.25) is 0 Å². The summed E-state index contributed by atoms with van der Waals surface area (Å²) in [6.07, 6.45) is 1.81. The Morgan fingerprint density at radius 1 is 1.35 bits per heavy atom. The first-order chi connectivity index (χ1) is 10.7. The van der Waals surface area contributed by atoms with Crippen molar-refractivity contribution in [2.75, 3.05) is 38.6 Å². The van der Waals surface area contributed by atoms with Gasteiger partial charge in [-0.05, 0) is 47.0 Å². The van der Waals surface area contributed by atoms with Gasteiger partial charge in [-0.15, -0.1) is 0 Å². The molecule has 128 valence electrons. The van der Waals surface area contributed by atoms with Gasteiger partial charge in [0.15, 0.2) is 0 Å². The van der Waals surface area contributed by atoms with Crippen LogP contribution in [0.15, 0.2) is 24.4 Å². The normalized spacial score (nSPS) is 21.6. The van der Waals surface area contributed by atoms with E-state index in [2.05, 4.69) is 39.5 Å². The fourth-order valence-corrected chi connectivity index (χ4v) is 2.96. The van der Waals surface area contributed by atoms with Crippen LogP contribution < -0.4 is 15.5 Å². The molecule has 0 bridgehead atoms. The first kappa shape index (κ1) is 17.5. The quantitative estimate of drug-likeness (QED) is 0.884. The standard InChI is InChI=1S/C17H29N5O/c1-17(2,3)20-16(23)19-14-12-22(11-13(14)10-21(4)5)15-8-6-7-9-18-15/h6-9,13-14H,10-12H2,1-5H3,(H2,19,20,23)/t13-,14-/m1/s1. The van der Waals surface area contributed by atoms with Gasteiger partial charge in [-0.2, -0.15) is 0 Å². The monoisotopic (exact) mass is 319 g/mol. The third kappa shape index (κ3) is 5.39. The van der Waals surface area contributed by atoms with Gasteiger partial charge in [-0.3, -0.25) is 0 Å². The van der Waals surface area contributed by atoms with E-state index in [-0.39, 0.29) is 17.6 Å². The van der Waals surface area contributed by atoms with E-state index >= 15 is 0 Å². The van der Waals surface area contributed by atoms with Gasteiger partial charge in [0.2, 0.25) is 0 Å². The van der Waals surface area contributed by atoms with Crippen molar-refractivity contribution < 1.29 is 4.79 Å². The van der Waals surface area contributed by atoms with Crippen molar-refractivity contribution in [1.29, 1.82) is 0 Å². The van der Waals surface area contributed by atoms with E-state index < -0.39 is 0 Å². The first-order valence-electron chi connectivity index (χ1n) is 8.14. The van der Waals surface area contributed by atoms with Gasteiger partial charge >= 0.3 is 6.03 Å². The molecular formula is C17H29N5O. The van der Waals surface area contributed by atoms with Gasteiger partial charge in [0.05, 0.1) is 6.04 Å². The Morgan fingerprint density at radius 3 is 2.65 bits per heavy atom. The molecule has 0 aliphatic carbocycles. The van der Waals surface area contributed by atoms with Crippen molar-refractivity contribution in [1.82, 2.24) is 20.5 Å². The Morgan fingerprint density at radius 2 is 2.09 bits per heavy atom. The van der Waals surface area contributed by atoms with Crippen LogP contribution in [0, 0.1) is 5.92 Å². The van der Waals surface area contributed by atoms with Crippen molar-refractivity contribution in [3.05, 3.63) is 24.4 Å². The van der Waals surface area contributed by atoms with Gasteiger partial charge < -0.3 is 20.4 Å². The number of carbonyl (C=O) groups is 1. The second-order valence-corrected chi connectivity index (χ2v) is 7.57. The number of hydrogen-bond acceptors (Lipinski definition) is 4. The molecule has 0 spiro atoms. The lowest BCUT2D eigenvalue weighted by molar-refractivity contribution is 0.222. The minimum atomic E-state index is -0.236. The maximum Gasteiger partial charge on any atom is 0.315 e. The molecule has 1 aliphatic heterocycles. The van der Waals surface area contributed by atoms with E-state index in [0.29, 0.717) is 5.92 Å². The molecule has 2 atom stereocenters. The third-order valence-corrected chi connectivity index (χ3v) is 3.82. The van der Waals surface area contributed by atoms with E-state index in [1.54, 1.807) is 0 Å². The van der Waals surface area contributed by atoms with Crippen molar-refractivity contribution in [3.8, 4) is 0 Å². The SMILES string of the molecule is CN(C)C[C@@H]1CN(c2ccccn2)C[C@H]1NC(=O)NC(C)(C)C. The fourth-order valence-electron chi connectivity index (χ4n) is 2.96. The number of hydrogen-bond donors (Lipinski definition) is 2. The summed E-state index contributed by atoms with van der Waals surface area (Å²) in [4.78, 5) is 21.1. The zero-order chi connectivity index (χ0) is 17.0. The van der Waals surface area contributed by atoms with Crippen molar-refractivity contribution in [2.24, 2.45) is 5.92 Å². The molecule has 1 aromatic rings. The van der Waals surface area contributed by atoms with Crippen LogP contribution in [0.5, 0.6) is 0 Å². The molecule has 1 fully saturated rings. The predicted molar refractivity (Wildman–Crippen MR) is 93.7 cm³/mol. The Kier molecular flexibility index (Phi) is 5.46. The maximum atomic E-state index is 12.2. The van der Waals surface area contributed by atoms with Gasteiger partial charge in [0, 0.05) is 37.3 Å². The molecule has 2 rings (SSSR count). The number of carbonyl (C=O) groups excluding carboxylic acids is 1. The zero-order valence-electron chi connectivity index (χ0n) is 14.8. The Bertz CT molecular complexity index is 511. The van der Waals surface area contributed by atoms with Gasteiger partial charge in [-0.25, -0.2) is 9.78 Å². The van der Waals surface area contributed by atoms with Crippen LogP contribution in [-0.2, 0) is 0 Å². The Hall–Kier alpha value is -1.82. The summed E-state index contributed by atoms with van der Waals surface area (Å²) in [5, 5.41) is 6.12. The molecule has 1 aliphatic rings. The van der Waals surface area contributed by atoms with Crippen LogP contribution >= 0.6 is 0 Å². The highest BCUT2D eigenvalue weighted by Gasteiger charge is 2.35. The second-order valence-electron chi connectivity index (χ2n) is 7.57. The van der Waals surface area contributed by atoms with Crippen LogP contribution in [0.1, 0.15) is 20.8 Å². The average Bonchev–Trinajstić information content (AvgIpc) is 2.79. The van der Waals surface area contributed by atoms with E-state index in [4.69, 9.17) is 0 Å². The molecule has 1 aromatic heterocycles. The molecule has 6 heteroatoms. The van der Waals surface area contributed by atoms with E-state index in [9.17, 15) is 4.79 Å². The molecule has 23 heavy (non-hydrogen) atoms. The first-order valence-corrected chi connectivity index (χ1v) is 8.14. The topological polar surface area (TPSA) is 60.5 Å². The smallest absolute Gasteiger partial charge is 0.315 e. The third-order valence-electron chi connectivity index (χ3n) is 3.82. The molecule has 0 unspecified atom stereocenters.